The number of rotatable bonds is 10. The molecule has 0 radical (unpaired) electrons. The van der Waals surface area contributed by atoms with E-state index in [0.29, 0.717) is 6.54 Å². The molecule has 1 aliphatic heterocycles. The molecule has 1 aromatic carbocycles. The van der Waals surface area contributed by atoms with Crippen LogP contribution in [0.4, 0.5) is 0 Å². The monoisotopic (exact) mass is 518 g/mol. The number of hydrogen-bond donors (Lipinski definition) is 2. The molecule has 2 N–H and O–H groups in total. The Morgan fingerprint density at radius 1 is 1.14 bits per heavy atom. The van der Waals surface area contributed by atoms with Gasteiger partial charge in [0.2, 0.25) is 0 Å². The van der Waals surface area contributed by atoms with E-state index in [1.807, 2.05) is 6.92 Å². The molecule has 2 unspecified atom stereocenters. The number of halogens is 1. The number of aliphatic imine (C=N–C) groups is 1. The summed E-state index contributed by atoms with van der Waals surface area (Å²) in [6.07, 6.45) is 1.55. The van der Waals surface area contributed by atoms with Crippen LogP contribution in [-0.4, -0.2) is 62.5 Å². The smallest absolute Gasteiger partial charge is 0.191 e. The first-order valence-electron chi connectivity index (χ1n) is 10.7. The molecule has 1 saturated heterocycles. The van der Waals surface area contributed by atoms with Gasteiger partial charge in [-0.25, -0.2) is 4.99 Å². The third-order valence-electron chi connectivity index (χ3n) is 4.72. The van der Waals surface area contributed by atoms with Crippen LogP contribution >= 0.6 is 24.0 Å². The molecule has 1 aliphatic rings. The van der Waals surface area contributed by atoms with Crippen molar-refractivity contribution < 1.29 is 9.47 Å². The Kier molecular flexibility index (Phi) is 13.5. The van der Waals surface area contributed by atoms with Crippen molar-refractivity contribution in [3.8, 4) is 0 Å². The van der Waals surface area contributed by atoms with E-state index in [0.717, 1.165) is 58.3 Å². The molecule has 0 aromatic heterocycles. The maximum atomic E-state index is 5.86. The molecule has 2 rings (SSSR count). The van der Waals surface area contributed by atoms with Crippen molar-refractivity contribution >= 4 is 29.9 Å². The van der Waals surface area contributed by atoms with E-state index in [1.54, 1.807) is 0 Å². The van der Waals surface area contributed by atoms with Gasteiger partial charge in [-0.3, -0.25) is 4.90 Å². The first kappa shape index (κ1) is 26.1. The molecular weight excluding hydrogens is 479 g/mol. The highest BCUT2D eigenvalue weighted by atomic mass is 127. The fourth-order valence-corrected chi connectivity index (χ4v) is 3.55. The van der Waals surface area contributed by atoms with Crippen molar-refractivity contribution in [2.45, 2.75) is 59.4 Å². The summed E-state index contributed by atoms with van der Waals surface area (Å²) in [7, 11) is 0. The number of nitrogens with zero attached hydrogens (tertiary/aromatic N) is 2. The zero-order valence-corrected chi connectivity index (χ0v) is 20.8. The molecule has 0 spiro atoms. The fraction of sp³-hybridized carbons (Fsp3) is 0.682. The maximum absolute atomic E-state index is 5.86. The lowest BCUT2D eigenvalue weighted by Gasteiger charge is -2.35. The highest BCUT2D eigenvalue weighted by Crippen LogP contribution is 2.17. The average Bonchev–Trinajstić information content (AvgIpc) is 2.66. The number of ether oxygens (including phenoxy) is 2. The summed E-state index contributed by atoms with van der Waals surface area (Å²) >= 11 is 0. The van der Waals surface area contributed by atoms with Crippen LogP contribution in [0, 0.1) is 0 Å². The van der Waals surface area contributed by atoms with Crippen LogP contribution in [0.5, 0.6) is 0 Å². The maximum Gasteiger partial charge on any atom is 0.191 e. The van der Waals surface area contributed by atoms with Crippen LogP contribution in [0.3, 0.4) is 0 Å². The zero-order chi connectivity index (χ0) is 20.2. The summed E-state index contributed by atoms with van der Waals surface area (Å²) in [6, 6.07) is 8.62. The minimum absolute atomic E-state index is 0. The number of nitrogens with one attached hydrogen (secondary N) is 2. The topological polar surface area (TPSA) is 58.1 Å². The van der Waals surface area contributed by atoms with Gasteiger partial charge in [-0.1, -0.05) is 24.3 Å². The van der Waals surface area contributed by atoms with Crippen LogP contribution in [0.25, 0.3) is 0 Å². The summed E-state index contributed by atoms with van der Waals surface area (Å²) < 4.78 is 11.3. The molecule has 1 aromatic rings. The molecule has 1 fully saturated rings. The highest BCUT2D eigenvalue weighted by molar-refractivity contribution is 14.0. The fourth-order valence-electron chi connectivity index (χ4n) is 3.55. The van der Waals surface area contributed by atoms with Crippen LogP contribution in [0.15, 0.2) is 29.3 Å². The molecule has 0 bridgehead atoms. The molecule has 166 valence electrons. The van der Waals surface area contributed by atoms with Crippen LogP contribution < -0.4 is 10.6 Å². The molecule has 1 heterocycles. The van der Waals surface area contributed by atoms with E-state index in [4.69, 9.17) is 14.5 Å². The van der Waals surface area contributed by atoms with Gasteiger partial charge in [0.1, 0.15) is 0 Å². The first-order valence-corrected chi connectivity index (χ1v) is 10.7. The van der Waals surface area contributed by atoms with Gasteiger partial charge in [-0.15, -0.1) is 24.0 Å². The van der Waals surface area contributed by atoms with E-state index < -0.39 is 0 Å². The molecule has 0 saturated carbocycles. The van der Waals surface area contributed by atoms with Gasteiger partial charge in [-0.2, -0.15) is 0 Å². The Balaban J connectivity index is 0.00000420. The molecule has 6 nitrogen and oxygen atoms in total. The zero-order valence-electron chi connectivity index (χ0n) is 18.4. The summed E-state index contributed by atoms with van der Waals surface area (Å²) in [5.74, 6) is 0.863. The van der Waals surface area contributed by atoms with Gasteiger partial charge in [0.25, 0.3) is 0 Å². The van der Waals surface area contributed by atoms with Crippen molar-refractivity contribution in [1.29, 1.82) is 0 Å². The standard InChI is InChI=1S/C22H38N4O2.HI/c1-5-23-22(24-12-9-13-27-6-2)25-14-20-10-7-8-11-21(20)17-26-15-18(3)28-19(4)16-26;/h7-8,10-11,18-19H,5-6,9,12-17H2,1-4H3,(H2,23,24,25);1H. The van der Waals surface area contributed by atoms with Gasteiger partial charge in [0, 0.05) is 45.9 Å². The predicted octanol–water partition coefficient (Wildman–Crippen LogP) is 3.40. The molecule has 29 heavy (non-hydrogen) atoms. The summed E-state index contributed by atoms with van der Waals surface area (Å²) in [6.45, 7) is 15.2. The third kappa shape index (κ3) is 10.1. The Morgan fingerprint density at radius 2 is 1.83 bits per heavy atom. The summed E-state index contributed by atoms with van der Waals surface area (Å²) in [5.41, 5.74) is 2.63. The molecular formula is C22H39IN4O2. The number of benzene rings is 1. The summed E-state index contributed by atoms with van der Waals surface area (Å²) in [5, 5.41) is 6.72. The van der Waals surface area contributed by atoms with Gasteiger partial charge in [0.15, 0.2) is 5.96 Å². The van der Waals surface area contributed by atoms with Crippen molar-refractivity contribution in [3.63, 3.8) is 0 Å². The second-order valence-electron chi connectivity index (χ2n) is 7.39. The van der Waals surface area contributed by atoms with Gasteiger partial charge in [-0.05, 0) is 45.2 Å². The predicted molar refractivity (Wildman–Crippen MR) is 131 cm³/mol. The van der Waals surface area contributed by atoms with E-state index in [-0.39, 0.29) is 36.2 Å². The molecule has 7 heteroatoms. The van der Waals surface area contributed by atoms with E-state index in [1.165, 1.54) is 11.1 Å². The molecule has 2 atom stereocenters. The lowest BCUT2D eigenvalue weighted by atomic mass is 10.1. The van der Waals surface area contributed by atoms with Crippen molar-refractivity contribution in [2.24, 2.45) is 4.99 Å². The largest absolute Gasteiger partial charge is 0.382 e. The second kappa shape index (κ2) is 15.0. The minimum Gasteiger partial charge on any atom is -0.382 e. The van der Waals surface area contributed by atoms with Crippen molar-refractivity contribution in [3.05, 3.63) is 35.4 Å². The number of guanidine groups is 1. The Labute approximate surface area is 193 Å². The van der Waals surface area contributed by atoms with E-state index >= 15 is 0 Å². The Bertz CT molecular complexity index is 590. The quantitative estimate of drug-likeness (QED) is 0.215. The Morgan fingerprint density at radius 3 is 2.48 bits per heavy atom. The van der Waals surface area contributed by atoms with E-state index in [2.05, 4.69) is 60.6 Å². The lowest BCUT2D eigenvalue weighted by molar-refractivity contribution is -0.0705. The summed E-state index contributed by atoms with van der Waals surface area (Å²) in [4.78, 5) is 7.28. The molecule has 0 amide bonds. The van der Waals surface area contributed by atoms with Gasteiger partial charge < -0.3 is 20.1 Å². The van der Waals surface area contributed by atoms with Gasteiger partial charge >= 0.3 is 0 Å². The highest BCUT2D eigenvalue weighted by Gasteiger charge is 2.22. The first-order chi connectivity index (χ1) is 13.6. The third-order valence-corrected chi connectivity index (χ3v) is 4.72. The van der Waals surface area contributed by atoms with Crippen LogP contribution in [0.2, 0.25) is 0 Å². The van der Waals surface area contributed by atoms with E-state index in [9.17, 15) is 0 Å². The van der Waals surface area contributed by atoms with Crippen LogP contribution in [-0.2, 0) is 22.6 Å². The Hall–Kier alpha value is -0.900. The number of hydrogen-bond acceptors (Lipinski definition) is 4. The van der Waals surface area contributed by atoms with Crippen molar-refractivity contribution in [2.75, 3.05) is 39.4 Å². The lowest BCUT2D eigenvalue weighted by Crippen LogP contribution is -2.44. The SMILES string of the molecule is CCNC(=NCc1ccccc1CN1CC(C)OC(C)C1)NCCCOCC.I. The number of morpholine rings is 1. The van der Waals surface area contributed by atoms with Crippen LogP contribution in [0.1, 0.15) is 45.2 Å². The normalized spacial score (nSPS) is 20.2. The van der Waals surface area contributed by atoms with Crippen molar-refractivity contribution in [1.82, 2.24) is 15.5 Å². The average molecular weight is 518 g/mol. The minimum atomic E-state index is 0. The second-order valence-corrected chi connectivity index (χ2v) is 7.39. The molecule has 0 aliphatic carbocycles. The van der Waals surface area contributed by atoms with Gasteiger partial charge in [0.05, 0.1) is 18.8 Å².